The quantitative estimate of drug-likeness (QED) is 0.842. The number of aromatic nitrogens is 1. The van der Waals surface area contributed by atoms with Crippen LogP contribution in [0.15, 0.2) is 36.5 Å². The molecule has 2 aromatic rings. The molecule has 0 spiro atoms. The van der Waals surface area contributed by atoms with Crippen LogP contribution in [0.4, 0.5) is 5.69 Å². The normalized spacial score (nSPS) is 26.9. The lowest BCUT2D eigenvalue weighted by Crippen LogP contribution is -2.32. The first-order valence-electron chi connectivity index (χ1n) is 9.89. The van der Waals surface area contributed by atoms with E-state index in [0.717, 1.165) is 17.8 Å². The lowest BCUT2D eigenvalue weighted by molar-refractivity contribution is -0.121. The summed E-state index contributed by atoms with van der Waals surface area (Å²) in [6.07, 6.45) is 6.50. The third kappa shape index (κ3) is 3.04. The zero-order valence-electron chi connectivity index (χ0n) is 16.0. The number of carbonyl (C=O) groups excluding carboxylic acids is 1. The first-order chi connectivity index (χ1) is 12.6. The average Bonchev–Trinajstić information content (AvgIpc) is 3.26. The highest BCUT2D eigenvalue weighted by Crippen LogP contribution is 2.56. The van der Waals surface area contributed by atoms with Gasteiger partial charge in [-0.25, -0.2) is 0 Å². The molecule has 2 bridgehead atoms. The van der Waals surface area contributed by atoms with Gasteiger partial charge in [-0.05, 0) is 98.2 Å². The van der Waals surface area contributed by atoms with Crippen LogP contribution in [0.1, 0.15) is 54.5 Å². The number of nitrogens with zero attached hydrogens (tertiary/aromatic N) is 1. The van der Waals surface area contributed by atoms with E-state index in [9.17, 15) is 4.79 Å². The molecule has 0 radical (unpaired) electrons. The number of hydrogen-bond donors (Lipinski definition) is 1. The molecule has 4 rings (SSSR count). The Bertz CT molecular complexity index is 829. The molecular weight excluding hydrogens is 320 g/mol. The van der Waals surface area contributed by atoms with E-state index < -0.39 is 0 Å². The maximum atomic E-state index is 13.2. The molecule has 2 fully saturated rings. The summed E-state index contributed by atoms with van der Waals surface area (Å²) in [5.41, 5.74) is 5.82. The summed E-state index contributed by atoms with van der Waals surface area (Å²) in [4.78, 5) is 17.7. The summed E-state index contributed by atoms with van der Waals surface area (Å²) in [6, 6.07) is 10.5. The third-order valence-corrected chi connectivity index (χ3v) is 6.58. The van der Waals surface area contributed by atoms with E-state index in [-0.39, 0.29) is 11.8 Å². The van der Waals surface area contributed by atoms with Crippen LogP contribution in [0.5, 0.6) is 0 Å². The molecule has 26 heavy (non-hydrogen) atoms. The summed E-state index contributed by atoms with van der Waals surface area (Å²) in [5, 5.41) is 3.21. The zero-order chi connectivity index (χ0) is 18.3. The Morgan fingerprint density at radius 3 is 2.69 bits per heavy atom. The van der Waals surface area contributed by atoms with Crippen molar-refractivity contribution in [1.29, 1.82) is 0 Å². The average molecular weight is 348 g/mol. The van der Waals surface area contributed by atoms with Crippen LogP contribution in [0, 0.1) is 31.6 Å². The van der Waals surface area contributed by atoms with Crippen LogP contribution in [0.2, 0.25) is 0 Å². The third-order valence-electron chi connectivity index (χ3n) is 6.58. The molecule has 1 N–H and O–H groups in total. The van der Waals surface area contributed by atoms with E-state index in [4.69, 9.17) is 0 Å². The lowest BCUT2D eigenvalue weighted by Gasteiger charge is -2.30. The van der Waals surface area contributed by atoms with Crippen molar-refractivity contribution in [2.24, 2.45) is 17.8 Å². The Kier molecular flexibility index (Phi) is 4.56. The van der Waals surface area contributed by atoms with Crippen molar-refractivity contribution in [3.8, 4) is 0 Å². The van der Waals surface area contributed by atoms with Crippen molar-refractivity contribution in [2.45, 2.75) is 52.4 Å². The fraction of sp³-hybridized carbons (Fsp3) is 0.478. The summed E-state index contributed by atoms with van der Waals surface area (Å²) >= 11 is 0. The lowest BCUT2D eigenvalue weighted by atomic mass is 9.75. The van der Waals surface area contributed by atoms with E-state index in [1.165, 1.54) is 36.0 Å². The van der Waals surface area contributed by atoms with Crippen molar-refractivity contribution < 1.29 is 4.79 Å². The van der Waals surface area contributed by atoms with Crippen molar-refractivity contribution in [1.82, 2.24) is 4.98 Å². The maximum Gasteiger partial charge on any atom is 0.228 e. The van der Waals surface area contributed by atoms with Gasteiger partial charge in [0, 0.05) is 23.5 Å². The van der Waals surface area contributed by atoms with Gasteiger partial charge >= 0.3 is 0 Å². The Labute approximate surface area is 156 Å². The molecule has 2 aliphatic carbocycles. The van der Waals surface area contributed by atoms with Gasteiger partial charge in [0.15, 0.2) is 0 Å². The number of amides is 1. The number of fused-ring (bicyclic) bond motifs is 2. The van der Waals surface area contributed by atoms with E-state index in [2.05, 4.69) is 55.3 Å². The van der Waals surface area contributed by atoms with Gasteiger partial charge in [0.1, 0.15) is 0 Å². The van der Waals surface area contributed by atoms with Crippen molar-refractivity contribution in [2.75, 3.05) is 5.32 Å². The number of pyridine rings is 1. The van der Waals surface area contributed by atoms with Crippen LogP contribution in [0.3, 0.4) is 0 Å². The predicted octanol–water partition coefficient (Wildman–Crippen LogP) is 5.03. The Morgan fingerprint density at radius 1 is 1.12 bits per heavy atom. The molecule has 136 valence electrons. The van der Waals surface area contributed by atoms with Crippen LogP contribution < -0.4 is 5.32 Å². The topological polar surface area (TPSA) is 42.0 Å². The first-order valence-corrected chi connectivity index (χ1v) is 9.89. The number of rotatable bonds is 4. The molecule has 2 saturated carbocycles. The maximum absolute atomic E-state index is 13.2. The SMILES string of the molecule is CCc1cc(C2C3CCC(C3)C2C(=O)Nc2ccc(C)c(C)c2)ccn1. The number of hydrogen-bond acceptors (Lipinski definition) is 2. The molecule has 3 nitrogen and oxygen atoms in total. The van der Waals surface area contributed by atoms with Crippen molar-refractivity contribution in [3.05, 3.63) is 58.9 Å². The Morgan fingerprint density at radius 2 is 1.92 bits per heavy atom. The molecule has 1 aromatic carbocycles. The molecular formula is C23H28N2O. The highest BCUT2D eigenvalue weighted by atomic mass is 16.1. The summed E-state index contributed by atoms with van der Waals surface area (Å²) in [5.74, 6) is 1.79. The summed E-state index contributed by atoms with van der Waals surface area (Å²) in [6.45, 7) is 6.33. The second-order valence-electron chi connectivity index (χ2n) is 8.11. The van der Waals surface area contributed by atoms with Gasteiger partial charge in [-0.1, -0.05) is 13.0 Å². The number of aryl methyl sites for hydroxylation is 3. The zero-order valence-corrected chi connectivity index (χ0v) is 16.0. The van der Waals surface area contributed by atoms with Gasteiger partial charge in [-0.3, -0.25) is 9.78 Å². The molecule has 3 heteroatoms. The minimum Gasteiger partial charge on any atom is -0.326 e. The van der Waals surface area contributed by atoms with Gasteiger partial charge < -0.3 is 5.32 Å². The standard InChI is InChI=1S/C23H28N2O/c1-4-19-13-18(9-10-24-19)21-16-6-7-17(12-16)22(21)23(26)25-20-8-5-14(2)15(3)11-20/h5,8-11,13,16-17,21-22H,4,6-7,12H2,1-3H3,(H,25,26). The molecule has 0 saturated heterocycles. The van der Waals surface area contributed by atoms with Gasteiger partial charge in [0.25, 0.3) is 0 Å². The van der Waals surface area contributed by atoms with Crippen molar-refractivity contribution >= 4 is 11.6 Å². The van der Waals surface area contributed by atoms with E-state index in [1.807, 2.05) is 12.3 Å². The summed E-state index contributed by atoms with van der Waals surface area (Å²) in [7, 11) is 0. The Hall–Kier alpha value is -2.16. The summed E-state index contributed by atoms with van der Waals surface area (Å²) < 4.78 is 0. The number of anilines is 1. The number of carbonyl (C=O) groups is 1. The molecule has 2 aliphatic rings. The monoisotopic (exact) mass is 348 g/mol. The molecule has 1 heterocycles. The second-order valence-corrected chi connectivity index (χ2v) is 8.11. The minimum absolute atomic E-state index is 0.0856. The van der Waals surface area contributed by atoms with Gasteiger partial charge in [-0.15, -0.1) is 0 Å². The van der Waals surface area contributed by atoms with Gasteiger partial charge in [-0.2, -0.15) is 0 Å². The fourth-order valence-corrected chi connectivity index (χ4v) is 5.09. The van der Waals surface area contributed by atoms with Crippen molar-refractivity contribution in [3.63, 3.8) is 0 Å². The van der Waals surface area contributed by atoms with Crippen LogP contribution >= 0.6 is 0 Å². The smallest absolute Gasteiger partial charge is 0.228 e. The number of benzene rings is 1. The molecule has 4 atom stereocenters. The predicted molar refractivity (Wildman–Crippen MR) is 105 cm³/mol. The van der Waals surface area contributed by atoms with Crippen LogP contribution in [-0.2, 0) is 11.2 Å². The van der Waals surface area contributed by atoms with Crippen LogP contribution in [-0.4, -0.2) is 10.9 Å². The highest BCUT2D eigenvalue weighted by Gasteiger charge is 2.51. The molecule has 1 aromatic heterocycles. The van der Waals surface area contributed by atoms with E-state index >= 15 is 0 Å². The first kappa shape index (κ1) is 17.3. The Balaban J connectivity index is 1.60. The molecule has 4 unspecified atom stereocenters. The van der Waals surface area contributed by atoms with Gasteiger partial charge in [0.2, 0.25) is 5.91 Å². The van der Waals surface area contributed by atoms with E-state index in [0.29, 0.717) is 17.8 Å². The second kappa shape index (κ2) is 6.86. The highest BCUT2D eigenvalue weighted by molar-refractivity contribution is 5.94. The largest absolute Gasteiger partial charge is 0.326 e. The minimum atomic E-state index is 0.0856. The van der Waals surface area contributed by atoms with Gasteiger partial charge in [0.05, 0.1) is 0 Å². The van der Waals surface area contributed by atoms with E-state index in [1.54, 1.807) is 0 Å². The molecule has 0 aliphatic heterocycles. The number of nitrogens with one attached hydrogen (secondary N) is 1. The molecule has 1 amide bonds. The fourth-order valence-electron chi connectivity index (χ4n) is 5.09. The van der Waals surface area contributed by atoms with Crippen LogP contribution in [0.25, 0.3) is 0 Å².